The molecule has 0 aliphatic carbocycles. The number of nitrogens with zero attached hydrogens (tertiary/aromatic N) is 3. The van der Waals surface area contributed by atoms with Crippen molar-refractivity contribution in [3.05, 3.63) is 12.1 Å². The van der Waals surface area contributed by atoms with Crippen LogP contribution in [0.25, 0.3) is 11.0 Å². The number of benzene rings is 1. The smallest absolute Gasteiger partial charge is 0.160 e. The average Bonchev–Trinajstić information content (AvgIpc) is 3.07. The summed E-state index contributed by atoms with van der Waals surface area (Å²) in [6.45, 7) is 5.43. The molecule has 1 unspecified atom stereocenters. The molecule has 1 saturated heterocycles. The number of likely N-dealkylation sites (N-methyl/N-ethyl adjacent to an activating group) is 1. The quantitative estimate of drug-likeness (QED) is 0.815. The molecule has 2 aromatic rings. The van der Waals surface area contributed by atoms with E-state index in [0.29, 0.717) is 22.8 Å². The van der Waals surface area contributed by atoms with Gasteiger partial charge in [0.1, 0.15) is 0 Å². The molecule has 0 amide bonds. The Balaban J connectivity index is 1.75. The highest BCUT2D eigenvalue weighted by molar-refractivity contribution is 5.94. The molecule has 6 nitrogen and oxygen atoms in total. The summed E-state index contributed by atoms with van der Waals surface area (Å²) >= 11 is 0. The van der Waals surface area contributed by atoms with Crippen LogP contribution in [0.4, 0.5) is 11.4 Å². The number of rotatable bonds is 4. The van der Waals surface area contributed by atoms with E-state index in [1.807, 2.05) is 12.1 Å². The Morgan fingerprint density at radius 3 is 3.11 bits per heavy atom. The molecule has 6 heteroatoms. The van der Waals surface area contributed by atoms with Crippen LogP contribution in [0.15, 0.2) is 16.8 Å². The molecule has 1 aromatic heterocycles. The van der Waals surface area contributed by atoms with Crippen molar-refractivity contribution in [2.75, 3.05) is 30.7 Å². The number of fused-ring (bicyclic) bond motifs is 1. The van der Waals surface area contributed by atoms with E-state index in [-0.39, 0.29) is 0 Å². The first-order valence-corrected chi connectivity index (χ1v) is 6.78. The van der Waals surface area contributed by atoms with Crippen LogP contribution in [0.2, 0.25) is 0 Å². The summed E-state index contributed by atoms with van der Waals surface area (Å²) in [5.41, 5.74) is 8.70. The third-order valence-electron chi connectivity index (χ3n) is 3.88. The summed E-state index contributed by atoms with van der Waals surface area (Å²) in [6.07, 6.45) is 2.53. The lowest BCUT2D eigenvalue weighted by Gasteiger charge is -2.23. The second kappa shape index (κ2) is 5.05. The lowest BCUT2D eigenvalue weighted by atomic mass is 10.2. The predicted octanol–water partition coefficient (Wildman–Crippen LogP) is 1.70. The Labute approximate surface area is 111 Å². The van der Waals surface area contributed by atoms with E-state index in [1.165, 1.54) is 19.4 Å². The van der Waals surface area contributed by atoms with Gasteiger partial charge in [0.05, 0.1) is 11.4 Å². The molecule has 0 saturated carbocycles. The standard InChI is InChI=1S/C13H19N5O/c1-2-18-7-3-4-9(18)8-15-11-6-5-10(14)12-13(11)17-19-16-12/h5-6,9,15H,2-4,7-8,14H2,1H3. The van der Waals surface area contributed by atoms with Crippen LogP contribution in [-0.4, -0.2) is 40.9 Å². The van der Waals surface area contributed by atoms with Crippen molar-refractivity contribution in [2.45, 2.75) is 25.8 Å². The minimum Gasteiger partial charge on any atom is -0.397 e. The number of nitrogen functional groups attached to an aromatic ring is 1. The number of nitrogens with one attached hydrogen (secondary N) is 1. The van der Waals surface area contributed by atoms with Crippen LogP contribution >= 0.6 is 0 Å². The highest BCUT2D eigenvalue weighted by atomic mass is 16.6. The van der Waals surface area contributed by atoms with Crippen LogP contribution in [0, 0.1) is 0 Å². The first kappa shape index (κ1) is 12.2. The van der Waals surface area contributed by atoms with Gasteiger partial charge in [-0.2, -0.15) is 0 Å². The van der Waals surface area contributed by atoms with Gasteiger partial charge in [-0.1, -0.05) is 6.92 Å². The first-order valence-electron chi connectivity index (χ1n) is 6.78. The summed E-state index contributed by atoms with van der Waals surface area (Å²) in [5.74, 6) is 0. The molecule has 0 radical (unpaired) electrons. The Hall–Kier alpha value is -1.82. The zero-order chi connectivity index (χ0) is 13.2. The molecule has 19 heavy (non-hydrogen) atoms. The van der Waals surface area contributed by atoms with Gasteiger partial charge in [0.15, 0.2) is 11.0 Å². The van der Waals surface area contributed by atoms with E-state index in [1.54, 1.807) is 0 Å². The number of likely N-dealkylation sites (tertiary alicyclic amines) is 1. The molecule has 3 rings (SSSR count). The van der Waals surface area contributed by atoms with E-state index < -0.39 is 0 Å². The fourth-order valence-electron chi connectivity index (χ4n) is 2.80. The van der Waals surface area contributed by atoms with Crippen molar-refractivity contribution in [1.29, 1.82) is 0 Å². The summed E-state index contributed by atoms with van der Waals surface area (Å²) in [7, 11) is 0. The molecule has 0 spiro atoms. The number of anilines is 2. The number of aromatic nitrogens is 2. The van der Waals surface area contributed by atoms with Crippen molar-refractivity contribution in [3.8, 4) is 0 Å². The molecule has 1 aromatic carbocycles. The second-order valence-corrected chi connectivity index (χ2v) is 4.97. The van der Waals surface area contributed by atoms with E-state index in [0.717, 1.165) is 18.8 Å². The molecule has 1 fully saturated rings. The summed E-state index contributed by atoms with van der Waals surface area (Å²) in [6, 6.07) is 4.37. The van der Waals surface area contributed by atoms with Gasteiger partial charge in [0.25, 0.3) is 0 Å². The maximum Gasteiger partial charge on any atom is 0.160 e. The van der Waals surface area contributed by atoms with Gasteiger partial charge in [0, 0.05) is 12.6 Å². The lowest BCUT2D eigenvalue weighted by Crippen LogP contribution is -2.34. The van der Waals surface area contributed by atoms with Crippen LogP contribution in [-0.2, 0) is 0 Å². The molecular weight excluding hydrogens is 242 g/mol. The van der Waals surface area contributed by atoms with Crippen molar-refractivity contribution >= 4 is 22.4 Å². The van der Waals surface area contributed by atoms with E-state index in [2.05, 4.69) is 27.5 Å². The van der Waals surface area contributed by atoms with Gasteiger partial charge in [-0.3, -0.25) is 4.90 Å². The third-order valence-corrected chi connectivity index (χ3v) is 3.88. The lowest BCUT2D eigenvalue weighted by molar-refractivity contribution is 0.277. The second-order valence-electron chi connectivity index (χ2n) is 4.97. The largest absolute Gasteiger partial charge is 0.397 e. The highest BCUT2D eigenvalue weighted by Gasteiger charge is 2.22. The van der Waals surface area contributed by atoms with Crippen LogP contribution < -0.4 is 11.1 Å². The highest BCUT2D eigenvalue weighted by Crippen LogP contribution is 2.26. The zero-order valence-electron chi connectivity index (χ0n) is 11.1. The minimum absolute atomic E-state index is 0.595. The summed E-state index contributed by atoms with van der Waals surface area (Å²) < 4.78 is 4.77. The predicted molar refractivity (Wildman–Crippen MR) is 75.0 cm³/mol. The van der Waals surface area contributed by atoms with E-state index in [9.17, 15) is 0 Å². The monoisotopic (exact) mass is 261 g/mol. The maximum atomic E-state index is 5.83. The first-order chi connectivity index (χ1) is 9.29. The zero-order valence-corrected chi connectivity index (χ0v) is 11.1. The number of hydrogen-bond donors (Lipinski definition) is 2. The van der Waals surface area contributed by atoms with Gasteiger partial charge in [0.2, 0.25) is 0 Å². The molecule has 102 valence electrons. The normalized spacial score (nSPS) is 20.2. The van der Waals surface area contributed by atoms with Gasteiger partial charge in [-0.05, 0) is 48.4 Å². The fourth-order valence-corrected chi connectivity index (χ4v) is 2.80. The third kappa shape index (κ3) is 2.23. The van der Waals surface area contributed by atoms with Gasteiger partial charge < -0.3 is 11.1 Å². The van der Waals surface area contributed by atoms with Gasteiger partial charge in [-0.25, -0.2) is 4.63 Å². The molecule has 1 atom stereocenters. The maximum absolute atomic E-state index is 5.83. The van der Waals surface area contributed by atoms with Gasteiger partial charge >= 0.3 is 0 Å². The van der Waals surface area contributed by atoms with E-state index >= 15 is 0 Å². The Kier molecular flexibility index (Phi) is 3.25. The van der Waals surface area contributed by atoms with Crippen LogP contribution in [0.5, 0.6) is 0 Å². The molecule has 3 N–H and O–H groups in total. The SMILES string of the molecule is CCN1CCCC1CNc1ccc(N)c2nonc12. The number of nitrogens with two attached hydrogens (primary N) is 1. The molecule has 1 aliphatic rings. The van der Waals surface area contributed by atoms with Crippen molar-refractivity contribution in [2.24, 2.45) is 0 Å². The van der Waals surface area contributed by atoms with Crippen molar-refractivity contribution in [3.63, 3.8) is 0 Å². The van der Waals surface area contributed by atoms with Crippen molar-refractivity contribution < 1.29 is 4.63 Å². The Morgan fingerprint density at radius 2 is 2.26 bits per heavy atom. The topological polar surface area (TPSA) is 80.2 Å². The summed E-state index contributed by atoms with van der Waals surface area (Å²) in [5, 5.41) is 11.2. The molecular formula is C13H19N5O. The fraction of sp³-hybridized carbons (Fsp3) is 0.538. The van der Waals surface area contributed by atoms with Crippen LogP contribution in [0.3, 0.4) is 0 Å². The molecule has 0 bridgehead atoms. The molecule has 2 heterocycles. The number of hydrogen-bond acceptors (Lipinski definition) is 6. The average molecular weight is 261 g/mol. The minimum atomic E-state index is 0.595. The van der Waals surface area contributed by atoms with Crippen molar-refractivity contribution in [1.82, 2.24) is 15.2 Å². The molecule has 1 aliphatic heterocycles. The summed E-state index contributed by atoms with van der Waals surface area (Å²) in [4.78, 5) is 2.50. The van der Waals surface area contributed by atoms with E-state index in [4.69, 9.17) is 10.4 Å². The Morgan fingerprint density at radius 1 is 1.42 bits per heavy atom. The Bertz CT molecular complexity index is 567. The van der Waals surface area contributed by atoms with Crippen LogP contribution in [0.1, 0.15) is 19.8 Å². The van der Waals surface area contributed by atoms with Gasteiger partial charge in [-0.15, -0.1) is 0 Å².